The minimum atomic E-state index is -1.10. The number of amides is 1. The van der Waals surface area contributed by atoms with E-state index in [4.69, 9.17) is 11.5 Å². The maximum atomic E-state index is 11.7. The first-order valence-corrected chi connectivity index (χ1v) is 5.88. The average Bonchev–Trinajstić information content (AvgIpc) is 3.13. The van der Waals surface area contributed by atoms with E-state index in [2.05, 4.69) is 4.90 Å². The zero-order valence-electron chi connectivity index (χ0n) is 10.1. The van der Waals surface area contributed by atoms with E-state index in [1.807, 2.05) is 37.4 Å². The van der Waals surface area contributed by atoms with Gasteiger partial charge in [-0.1, -0.05) is 30.3 Å². The molecular weight excluding hydrogens is 214 g/mol. The van der Waals surface area contributed by atoms with Crippen LogP contribution in [-0.4, -0.2) is 30.4 Å². The molecule has 1 fully saturated rings. The zero-order valence-corrected chi connectivity index (χ0v) is 10.1. The number of rotatable bonds is 5. The average molecular weight is 233 g/mol. The standard InChI is InChI=1S/C13H19N3O/c1-16(11-7-8-11)9-13(15,12(14)17)10-5-3-2-4-6-10/h2-6,11H,7-9,15H2,1H3,(H2,14,17). The van der Waals surface area contributed by atoms with Gasteiger partial charge in [0, 0.05) is 12.6 Å². The van der Waals surface area contributed by atoms with Crippen LogP contribution in [0.3, 0.4) is 0 Å². The van der Waals surface area contributed by atoms with E-state index in [0.717, 1.165) is 5.56 Å². The summed E-state index contributed by atoms with van der Waals surface area (Å²) in [6.45, 7) is 0.469. The first-order valence-electron chi connectivity index (χ1n) is 5.88. The second kappa shape index (κ2) is 4.47. The van der Waals surface area contributed by atoms with Crippen molar-refractivity contribution >= 4 is 5.91 Å². The minimum absolute atomic E-state index is 0.469. The Balaban J connectivity index is 2.22. The number of primary amides is 1. The van der Waals surface area contributed by atoms with E-state index in [1.165, 1.54) is 12.8 Å². The molecule has 4 N–H and O–H groups in total. The second-order valence-electron chi connectivity index (χ2n) is 4.85. The number of hydrogen-bond donors (Lipinski definition) is 2. The molecule has 92 valence electrons. The van der Waals surface area contributed by atoms with Gasteiger partial charge in [0.2, 0.25) is 5.91 Å². The monoisotopic (exact) mass is 233 g/mol. The van der Waals surface area contributed by atoms with Crippen molar-refractivity contribution in [3.05, 3.63) is 35.9 Å². The maximum absolute atomic E-state index is 11.7. The Morgan fingerprint density at radius 2 is 2.00 bits per heavy atom. The van der Waals surface area contributed by atoms with Gasteiger partial charge in [0.15, 0.2) is 0 Å². The van der Waals surface area contributed by atoms with Crippen molar-refractivity contribution in [2.24, 2.45) is 11.5 Å². The Kier molecular flexibility index (Phi) is 3.17. The summed E-state index contributed by atoms with van der Waals surface area (Å²) >= 11 is 0. The summed E-state index contributed by atoms with van der Waals surface area (Å²) in [5, 5.41) is 0. The van der Waals surface area contributed by atoms with Gasteiger partial charge in [-0.15, -0.1) is 0 Å². The molecule has 0 bridgehead atoms. The van der Waals surface area contributed by atoms with Crippen molar-refractivity contribution in [2.45, 2.75) is 24.4 Å². The number of nitrogens with zero attached hydrogens (tertiary/aromatic N) is 1. The van der Waals surface area contributed by atoms with Gasteiger partial charge >= 0.3 is 0 Å². The predicted molar refractivity (Wildman–Crippen MR) is 67.2 cm³/mol. The summed E-state index contributed by atoms with van der Waals surface area (Å²) in [7, 11) is 1.99. The number of likely N-dealkylation sites (N-methyl/N-ethyl adjacent to an activating group) is 1. The molecule has 0 aromatic heterocycles. The molecule has 0 saturated heterocycles. The number of carbonyl (C=O) groups is 1. The molecule has 1 amide bonds. The highest BCUT2D eigenvalue weighted by Gasteiger charge is 2.38. The lowest BCUT2D eigenvalue weighted by molar-refractivity contribution is -0.124. The van der Waals surface area contributed by atoms with Crippen molar-refractivity contribution in [2.75, 3.05) is 13.6 Å². The third-order valence-corrected chi connectivity index (χ3v) is 3.40. The summed E-state index contributed by atoms with van der Waals surface area (Å²) in [5.74, 6) is -0.476. The van der Waals surface area contributed by atoms with Crippen LogP contribution in [0.5, 0.6) is 0 Å². The van der Waals surface area contributed by atoms with Gasteiger partial charge in [-0.3, -0.25) is 4.79 Å². The molecule has 1 unspecified atom stereocenters. The van der Waals surface area contributed by atoms with Gasteiger partial charge in [-0.05, 0) is 25.5 Å². The second-order valence-corrected chi connectivity index (χ2v) is 4.85. The first kappa shape index (κ1) is 12.1. The highest BCUT2D eigenvalue weighted by Crippen LogP contribution is 2.28. The Hall–Kier alpha value is -1.39. The van der Waals surface area contributed by atoms with Crippen LogP contribution in [0.4, 0.5) is 0 Å². The van der Waals surface area contributed by atoms with Gasteiger partial charge in [-0.2, -0.15) is 0 Å². The van der Waals surface area contributed by atoms with Gasteiger partial charge in [0.1, 0.15) is 5.54 Å². The van der Waals surface area contributed by atoms with Gasteiger partial charge in [0.05, 0.1) is 0 Å². The van der Waals surface area contributed by atoms with Crippen LogP contribution in [0.25, 0.3) is 0 Å². The summed E-state index contributed by atoms with van der Waals surface area (Å²) in [6, 6.07) is 9.90. The lowest BCUT2D eigenvalue weighted by Crippen LogP contribution is -2.56. The highest BCUT2D eigenvalue weighted by atomic mass is 16.1. The van der Waals surface area contributed by atoms with Crippen LogP contribution < -0.4 is 11.5 Å². The van der Waals surface area contributed by atoms with E-state index in [9.17, 15) is 4.79 Å². The van der Waals surface area contributed by atoms with Gasteiger partial charge in [-0.25, -0.2) is 0 Å². The molecule has 1 aliphatic rings. The molecule has 0 aliphatic heterocycles. The fourth-order valence-corrected chi connectivity index (χ4v) is 2.08. The summed E-state index contributed by atoms with van der Waals surface area (Å²) in [4.78, 5) is 13.8. The van der Waals surface area contributed by atoms with Crippen LogP contribution in [-0.2, 0) is 10.3 Å². The lowest BCUT2D eigenvalue weighted by Gasteiger charge is -2.31. The van der Waals surface area contributed by atoms with Crippen molar-refractivity contribution in [1.29, 1.82) is 0 Å². The number of hydrogen-bond acceptors (Lipinski definition) is 3. The molecular formula is C13H19N3O. The molecule has 1 aliphatic carbocycles. The molecule has 0 spiro atoms. The fraction of sp³-hybridized carbons (Fsp3) is 0.462. The van der Waals surface area contributed by atoms with Crippen molar-refractivity contribution in [3.8, 4) is 0 Å². The Morgan fingerprint density at radius 3 is 2.47 bits per heavy atom. The summed E-state index contributed by atoms with van der Waals surface area (Å²) in [6.07, 6.45) is 2.36. The van der Waals surface area contributed by atoms with E-state index in [-0.39, 0.29) is 0 Å². The SMILES string of the molecule is CN(CC(N)(C(N)=O)c1ccccc1)C1CC1. The van der Waals surface area contributed by atoms with E-state index >= 15 is 0 Å². The molecule has 0 heterocycles. The smallest absolute Gasteiger partial charge is 0.243 e. The highest BCUT2D eigenvalue weighted by molar-refractivity contribution is 5.86. The van der Waals surface area contributed by atoms with Gasteiger partial charge in [0.25, 0.3) is 0 Å². The first-order chi connectivity index (χ1) is 8.04. The van der Waals surface area contributed by atoms with E-state index in [0.29, 0.717) is 12.6 Å². The fourth-order valence-electron chi connectivity index (χ4n) is 2.08. The zero-order chi connectivity index (χ0) is 12.5. The molecule has 1 saturated carbocycles. The molecule has 17 heavy (non-hydrogen) atoms. The van der Waals surface area contributed by atoms with Crippen molar-refractivity contribution < 1.29 is 4.79 Å². The summed E-state index contributed by atoms with van der Waals surface area (Å²) < 4.78 is 0. The Morgan fingerprint density at radius 1 is 1.41 bits per heavy atom. The van der Waals surface area contributed by atoms with Crippen molar-refractivity contribution in [1.82, 2.24) is 4.90 Å². The molecule has 2 rings (SSSR count). The predicted octanol–water partition coefficient (Wildman–Crippen LogP) is 0.420. The summed E-state index contributed by atoms with van der Waals surface area (Å²) in [5.41, 5.74) is 11.4. The van der Waals surface area contributed by atoms with Crippen molar-refractivity contribution in [3.63, 3.8) is 0 Å². The quantitative estimate of drug-likeness (QED) is 0.774. The lowest BCUT2D eigenvalue weighted by atomic mass is 9.89. The van der Waals surface area contributed by atoms with Gasteiger partial charge < -0.3 is 16.4 Å². The minimum Gasteiger partial charge on any atom is -0.368 e. The molecule has 0 radical (unpaired) electrons. The molecule has 4 nitrogen and oxygen atoms in total. The maximum Gasteiger partial charge on any atom is 0.243 e. The Bertz CT molecular complexity index is 402. The van der Waals surface area contributed by atoms with Crippen LogP contribution >= 0.6 is 0 Å². The number of carbonyl (C=O) groups excluding carboxylic acids is 1. The molecule has 1 aromatic rings. The molecule has 1 atom stereocenters. The number of benzene rings is 1. The molecule has 4 heteroatoms. The normalized spacial score (nSPS) is 19.0. The third-order valence-electron chi connectivity index (χ3n) is 3.40. The largest absolute Gasteiger partial charge is 0.368 e. The van der Waals surface area contributed by atoms with Crippen LogP contribution in [0.1, 0.15) is 18.4 Å². The van der Waals surface area contributed by atoms with E-state index < -0.39 is 11.4 Å². The number of nitrogens with two attached hydrogens (primary N) is 2. The molecule has 1 aromatic carbocycles. The van der Waals surface area contributed by atoms with E-state index in [1.54, 1.807) is 0 Å². The van der Waals surface area contributed by atoms with Crippen LogP contribution in [0, 0.1) is 0 Å². The third kappa shape index (κ3) is 2.48. The van der Waals surface area contributed by atoms with Crippen LogP contribution in [0.15, 0.2) is 30.3 Å². The van der Waals surface area contributed by atoms with Crippen LogP contribution in [0.2, 0.25) is 0 Å². The Labute approximate surface area is 102 Å². The topological polar surface area (TPSA) is 72.3 Å².